The van der Waals surface area contributed by atoms with Crippen molar-refractivity contribution in [2.75, 3.05) is 20.2 Å². The van der Waals surface area contributed by atoms with Crippen molar-refractivity contribution in [3.8, 4) is 5.75 Å². The molecule has 2 atom stereocenters. The number of hydrogen-bond acceptors (Lipinski definition) is 6. The number of aromatic nitrogens is 2. The molecular weight excluding hydrogens is 442 g/mol. The number of aryl methyl sites for hydroxylation is 1. The molecule has 8 heteroatoms. The second-order valence-electron chi connectivity index (χ2n) is 9.46. The predicted molar refractivity (Wildman–Crippen MR) is 132 cm³/mol. The summed E-state index contributed by atoms with van der Waals surface area (Å²) >= 11 is 0. The lowest BCUT2D eigenvalue weighted by atomic mass is 10.1. The van der Waals surface area contributed by atoms with Gasteiger partial charge in [-0.1, -0.05) is 24.3 Å². The highest BCUT2D eigenvalue weighted by atomic mass is 16.5. The minimum absolute atomic E-state index is 0.461. The number of carbonyl (C=O) groups is 1. The van der Waals surface area contributed by atoms with Gasteiger partial charge in [0.2, 0.25) is 0 Å². The minimum Gasteiger partial charge on any atom is -0.497 e. The van der Waals surface area contributed by atoms with E-state index < -0.39 is 5.91 Å². The largest absolute Gasteiger partial charge is 0.497 e. The molecule has 3 aromatic rings. The van der Waals surface area contributed by atoms with Crippen LogP contribution < -0.4 is 15.5 Å². The lowest BCUT2D eigenvalue weighted by molar-refractivity contribution is 0.0706. The molecule has 0 unspecified atom stereocenters. The third-order valence-electron chi connectivity index (χ3n) is 7.07. The van der Waals surface area contributed by atoms with Crippen LogP contribution >= 0.6 is 0 Å². The van der Waals surface area contributed by atoms with Crippen molar-refractivity contribution in [2.45, 2.75) is 50.9 Å². The molecule has 1 saturated carbocycles. The highest BCUT2D eigenvalue weighted by Crippen LogP contribution is 2.41. The van der Waals surface area contributed by atoms with Crippen LogP contribution in [-0.4, -0.2) is 51.8 Å². The summed E-state index contributed by atoms with van der Waals surface area (Å²) in [5.41, 5.74) is 5.81. The first-order chi connectivity index (χ1) is 17.1. The summed E-state index contributed by atoms with van der Waals surface area (Å²) in [7, 11) is 1.70. The van der Waals surface area contributed by atoms with Gasteiger partial charge in [0.05, 0.1) is 19.3 Å². The number of nitrogens with one attached hydrogen (secondary N) is 2. The fourth-order valence-electron chi connectivity index (χ4n) is 4.91. The van der Waals surface area contributed by atoms with Gasteiger partial charge in [-0.2, -0.15) is 0 Å². The number of amides is 1. The van der Waals surface area contributed by atoms with Crippen molar-refractivity contribution >= 4 is 5.91 Å². The van der Waals surface area contributed by atoms with E-state index in [9.17, 15) is 4.79 Å². The maximum atomic E-state index is 11.4. The Kier molecular flexibility index (Phi) is 7.13. The van der Waals surface area contributed by atoms with Crippen molar-refractivity contribution in [2.24, 2.45) is 0 Å². The molecule has 8 nitrogen and oxygen atoms in total. The van der Waals surface area contributed by atoms with E-state index in [1.54, 1.807) is 24.7 Å². The molecule has 1 aliphatic carbocycles. The van der Waals surface area contributed by atoms with Gasteiger partial charge in [-0.05, 0) is 61.2 Å². The molecule has 1 fully saturated rings. The van der Waals surface area contributed by atoms with Gasteiger partial charge in [0.25, 0.3) is 5.91 Å². The zero-order chi connectivity index (χ0) is 24.2. The van der Waals surface area contributed by atoms with Crippen LogP contribution in [0.25, 0.3) is 0 Å². The Labute approximate surface area is 205 Å². The molecule has 2 aliphatic rings. The average molecular weight is 476 g/mol. The SMILES string of the molecule is COc1ccc([C@H]2C[C@@H]2NCc2cn3c(n2)CN(CCCc2ccc(C(=O)NO)cc2)CC3)cc1. The summed E-state index contributed by atoms with van der Waals surface area (Å²) in [6, 6.07) is 16.3. The second kappa shape index (κ2) is 10.6. The van der Waals surface area contributed by atoms with Gasteiger partial charge < -0.3 is 14.6 Å². The molecule has 3 N–H and O–H groups in total. The van der Waals surface area contributed by atoms with E-state index in [1.807, 2.05) is 24.3 Å². The number of benzene rings is 2. The molecule has 2 aromatic carbocycles. The smallest absolute Gasteiger partial charge is 0.274 e. The predicted octanol–water partition coefficient (Wildman–Crippen LogP) is 3.10. The van der Waals surface area contributed by atoms with Crippen LogP contribution in [0.2, 0.25) is 0 Å². The Morgan fingerprint density at radius 2 is 1.94 bits per heavy atom. The Morgan fingerprint density at radius 1 is 1.14 bits per heavy atom. The Morgan fingerprint density at radius 3 is 2.69 bits per heavy atom. The first kappa shape index (κ1) is 23.5. The van der Waals surface area contributed by atoms with Gasteiger partial charge in [-0.15, -0.1) is 0 Å². The second-order valence-corrected chi connectivity index (χ2v) is 9.46. The number of carbonyl (C=O) groups excluding carboxylic acids is 1. The van der Waals surface area contributed by atoms with Crippen molar-refractivity contribution in [1.82, 2.24) is 25.2 Å². The van der Waals surface area contributed by atoms with E-state index >= 15 is 0 Å². The van der Waals surface area contributed by atoms with E-state index in [0.29, 0.717) is 17.5 Å². The molecule has 1 aromatic heterocycles. The molecule has 0 spiro atoms. The molecule has 35 heavy (non-hydrogen) atoms. The number of nitrogens with zero attached hydrogens (tertiary/aromatic N) is 3. The molecule has 5 rings (SSSR count). The van der Waals surface area contributed by atoms with E-state index in [4.69, 9.17) is 14.9 Å². The number of fused-ring (bicyclic) bond motifs is 1. The van der Waals surface area contributed by atoms with Crippen molar-refractivity contribution in [3.63, 3.8) is 0 Å². The summed E-state index contributed by atoms with van der Waals surface area (Å²) in [6.07, 6.45) is 5.38. The van der Waals surface area contributed by atoms with Gasteiger partial charge in [0.15, 0.2) is 0 Å². The van der Waals surface area contributed by atoms with Gasteiger partial charge in [-0.3, -0.25) is 14.9 Å². The summed E-state index contributed by atoms with van der Waals surface area (Å²) in [4.78, 5) is 18.8. The zero-order valence-electron chi connectivity index (χ0n) is 20.1. The van der Waals surface area contributed by atoms with E-state index in [2.05, 4.69) is 33.1 Å². The fraction of sp³-hybridized carbons (Fsp3) is 0.407. The quantitative estimate of drug-likeness (QED) is 0.308. The van der Waals surface area contributed by atoms with E-state index in [1.165, 1.54) is 17.5 Å². The first-order valence-electron chi connectivity index (χ1n) is 12.3. The summed E-state index contributed by atoms with van der Waals surface area (Å²) < 4.78 is 7.55. The minimum atomic E-state index is -0.482. The zero-order valence-corrected chi connectivity index (χ0v) is 20.1. The maximum absolute atomic E-state index is 11.4. The van der Waals surface area contributed by atoms with E-state index in [-0.39, 0.29) is 0 Å². The lowest BCUT2D eigenvalue weighted by Crippen LogP contribution is -2.34. The average Bonchev–Trinajstić information content (AvgIpc) is 3.57. The molecule has 2 heterocycles. The first-order valence-corrected chi connectivity index (χ1v) is 12.3. The van der Waals surface area contributed by atoms with Crippen LogP contribution in [-0.2, 0) is 26.1 Å². The highest BCUT2D eigenvalue weighted by molar-refractivity contribution is 5.93. The van der Waals surface area contributed by atoms with Crippen LogP contribution in [0.15, 0.2) is 54.7 Å². The van der Waals surface area contributed by atoms with Gasteiger partial charge in [0, 0.05) is 43.4 Å². The summed E-state index contributed by atoms with van der Waals surface area (Å²) in [6.45, 7) is 4.72. The summed E-state index contributed by atoms with van der Waals surface area (Å²) in [5.74, 6) is 2.15. The number of rotatable bonds is 10. The summed E-state index contributed by atoms with van der Waals surface area (Å²) in [5, 5.41) is 12.4. The lowest BCUT2D eigenvalue weighted by Gasteiger charge is -2.27. The number of hydrogen-bond donors (Lipinski definition) is 3. The molecule has 0 radical (unpaired) electrons. The van der Waals surface area contributed by atoms with Crippen LogP contribution in [0.3, 0.4) is 0 Å². The van der Waals surface area contributed by atoms with Crippen LogP contribution in [0.1, 0.15) is 51.8 Å². The molecule has 1 aliphatic heterocycles. The maximum Gasteiger partial charge on any atom is 0.274 e. The number of methoxy groups -OCH3 is 1. The van der Waals surface area contributed by atoms with E-state index in [0.717, 1.165) is 62.8 Å². The third-order valence-corrected chi connectivity index (χ3v) is 7.07. The van der Waals surface area contributed by atoms with Gasteiger partial charge in [0.1, 0.15) is 11.6 Å². The van der Waals surface area contributed by atoms with Crippen molar-refractivity contribution in [3.05, 3.63) is 82.9 Å². The van der Waals surface area contributed by atoms with Gasteiger partial charge in [-0.25, -0.2) is 10.5 Å². The monoisotopic (exact) mass is 475 g/mol. The molecule has 0 bridgehead atoms. The Hall–Kier alpha value is -3.20. The van der Waals surface area contributed by atoms with Crippen LogP contribution in [0, 0.1) is 0 Å². The molecule has 184 valence electrons. The number of ether oxygens (including phenoxy) is 1. The van der Waals surface area contributed by atoms with Gasteiger partial charge >= 0.3 is 0 Å². The van der Waals surface area contributed by atoms with Crippen molar-refractivity contribution < 1.29 is 14.7 Å². The Bertz CT molecular complexity index is 1140. The van der Waals surface area contributed by atoms with Crippen LogP contribution in [0.5, 0.6) is 5.75 Å². The Balaban J connectivity index is 1.05. The molecule has 1 amide bonds. The molecule has 0 saturated heterocycles. The number of imidazole rings is 1. The highest BCUT2D eigenvalue weighted by Gasteiger charge is 2.37. The topological polar surface area (TPSA) is 91.7 Å². The van der Waals surface area contributed by atoms with Crippen LogP contribution in [0.4, 0.5) is 0 Å². The fourth-order valence-corrected chi connectivity index (χ4v) is 4.91. The number of hydroxylamine groups is 1. The van der Waals surface area contributed by atoms with Crippen molar-refractivity contribution in [1.29, 1.82) is 0 Å². The molecular formula is C27H33N5O3. The standard InChI is InChI=1S/C27H33N5O3/c1-35-23-10-8-20(9-11-23)24-15-25(24)28-16-22-17-32-14-13-31(18-26(32)29-22)12-2-3-19-4-6-21(7-5-19)27(33)30-34/h4-11,17,24-25,28,34H,2-3,12-16,18H2,1H3,(H,30,33)/t24-,25+/m1/s1. The normalized spacial score (nSPS) is 19.3. The third kappa shape index (κ3) is 5.73.